The molecule has 0 fully saturated rings. The van der Waals surface area contributed by atoms with Gasteiger partial charge in [0.1, 0.15) is 5.75 Å². The maximum atomic E-state index is 10.2. The van der Waals surface area contributed by atoms with Gasteiger partial charge < -0.3 is 15.2 Å². The molecule has 1 aromatic heterocycles. The number of rotatable bonds is 6. The van der Waals surface area contributed by atoms with Crippen LogP contribution in [0.3, 0.4) is 0 Å². The van der Waals surface area contributed by atoms with Crippen LogP contribution in [0.5, 0.6) is 5.75 Å². The summed E-state index contributed by atoms with van der Waals surface area (Å²) in [6, 6.07) is 11.5. The van der Waals surface area contributed by atoms with Crippen LogP contribution in [-0.4, -0.2) is 23.7 Å². The van der Waals surface area contributed by atoms with Crippen LogP contribution in [0, 0.1) is 0 Å². The minimum Gasteiger partial charge on any atom is -0.497 e. The Hall–Kier alpha value is -1.91. The van der Waals surface area contributed by atoms with E-state index in [9.17, 15) is 5.11 Å². The first-order valence-corrected chi connectivity index (χ1v) is 6.66. The van der Waals surface area contributed by atoms with Crippen LogP contribution in [0.15, 0.2) is 48.8 Å². The average molecular weight is 272 g/mol. The molecule has 0 amide bonds. The zero-order valence-electron chi connectivity index (χ0n) is 11.8. The number of hydrogen-bond donors (Lipinski definition) is 2. The molecule has 1 unspecified atom stereocenters. The van der Waals surface area contributed by atoms with Gasteiger partial charge in [-0.1, -0.05) is 18.2 Å². The van der Waals surface area contributed by atoms with Crippen molar-refractivity contribution in [1.82, 2.24) is 10.3 Å². The maximum Gasteiger partial charge on any atom is 0.119 e. The van der Waals surface area contributed by atoms with Gasteiger partial charge >= 0.3 is 0 Å². The van der Waals surface area contributed by atoms with Crippen LogP contribution in [0.4, 0.5) is 0 Å². The van der Waals surface area contributed by atoms with Crippen molar-refractivity contribution in [2.24, 2.45) is 0 Å². The summed E-state index contributed by atoms with van der Waals surface area (Å²) in [5.41, 5.74) is 1.94. The molecule has 0 saturated carbocycles. The van der Waals surface area contributed by atoms with Crippen molar-refractivity contribution in [3.63, 3.8) is 0 Å². The normalized spacial score (nSPS) is 13.8. The monoisotopic (exact) mass is 272 g/mol. The molecule has 2 aromatic rings. The van der Waals surface area contributed by atoms with E-state index in [2.05, 4.69) is 17.2 Å². The predicted octanol–water partition coefficient (Wildman–Crippen LogP) is 2.47. The second-order valence-corrected chi connectivity index (χ2v) is 4.71. The van der Waals surface area contributed by atoms with Gasteiger partial charge in [0.2, 0.25) is 0 Å². The SMILES string of the molecule is COc1cccc(C(O)CN[C@@H](C)c2cccnc2)c1. The number of aliphatic hydroxyl groups is 1. The second kappa shape index (κ2) is 7.03. The van der Waals surface area contributed by atoms with E-state index in [1.165, 1.54) is 0 Å². The Kier molecular flexibility index (Phi) is 5.09. The maximum absolute atomic E-state index is 10.2. The number of ether oxygens (including phenoxy) is 1. The molecule has 1 aromatic carbocycles. The highest BCUT2D eigenvalue weighted by molar-refractivity contribution is 5.30. The van der Waals surface area contributed by atoms with E-state index in [0.29, 0.717) is 6.54 Å². The van der Waals surface area contributed by atoms with E-state index in [0.717, 1.165) is 16.9 Å². The van der Waals surface area contributed by atoms with E-state index in [1.54, 1.807) is 13.3 Å². The molecule has 4 heteroatoms. The van der Waals surface area contributed by atoms with Crippen LogP contribution in [0.25, 0.3) is 0 Å². The fraction of sp³-hybridized carbons (Fsp3) is 0.312. The topological polar surface area (TPSA) is 54.4 Å². The third kappa shape index (κ3) is 3.79. The van der Waals surface area contributed by atoms with Crippen LogP contribution in [0.1, 0.15) is 30.2 Å². The molecular weight excluding hydrogens is 252 g/mol. The van der Waals surface area contributed by atoms with Gasteiger partial charge in [0.25, 0.3) is 0 Å². The number of nitrogens with zero attached hydrogens (tertiary/aromatic N) is 1. The number of pyridine rings is 1. The lowest BCUT2D eigenvalue weighted by molar-refractivity contribution is 0.170. The molecule has 0 aliphatic heterocycles. The molecule has 0 saturated heterocycles. The van der Waals surface area contributed by atoms with Crippen LogP contribution < -0.4 is 10.1 Å². The first-order chi connectivity index (χ1) is 9.70. The van der Waals surface area contributed by atoms with Gasteiger partial charge in [-0.05, 0) is 36.2 Å². The van der Waals surface area contributed by atoms with Crippen LogP contribution >= 0.6 is 0 Å². The Morgan fingerprint density at radius 3 is 2.75 bits per heavy atom. The van der Waals surface area contributed by atoms with Crippen molar-refractivity contribution in [2.75, 3.05) is 13.7 Å². The summed E-state index contributed by atoms with van der Waals surface area (Å²) < 4.78 is 5.16. The fourth-order valence-electron chi connectivity index (χ4n) is 2.01. The van der Waals surface area contributed by atoms with Crippen molar-refractivity contribution in [3.05, 3.63) is 59.9 Å². The average Bonchev–Trinajstić information content (AvgIpc) is 2.53. The largest absolute Gasteiger partial charge is 0.497 e. The highest BCUT2D eigenvalue weighted by Gasteiger charge is 2.11. The first kappa shape index (κ1) is 14.5. The third-order valence-corrected chi connectivity index (χ3v) is 3.28. The van der Waals surface area contributed by atoms with Gasteiger partial charge in [-0.15, -0.1) is 0 Å². The molecule has 2 rings (SSSR count). The predicted molar refractivity (Wildman–Crippen MR) is 78.6 cm³/mol. The van der Waals surface area contributed by atoms with E-state index < -0.39 is 6.10 Å². The van der Waals surface area contributed by atoms with Crippen LogP contribution in [-0.2, 0) is 0 Å². The van der Waals surface area contributed by atoms with Gasteiger partial charge in [-0.2, -0.15) is 0 Å². The number of hydrogen-bond acceptors (Lipinski definition) is 4. The molecule has 0 spiro atoms. The summed E-state index contributed by atoms with van der Waals surface area (Å²) in [6.07, 6.45) is 3.01. The lowest BCUT2D eigenvalue weighted by atomic mass is 10.1. The summed E-state index contributed by atoms with van der Waals surface area (Å²) in [5, 5.41) is 13.5. The van der Waals surface area contributed by atoms with Crippen molar-refractivity contribution in [3.8, 4) is 5.75 Å². The number of nitrogens with one attached hydrogen (secondary N) is 1. The standard InChI is InChI=1S/C16H20N2O2/c1-12(14-6-4-8-17-10-14)18-11-16(19)13-5-3-7-15(9-13)20-2/h3-10,12,16,18-19H,11H2,1-2H3/t12-,16?/m0/s1. The summed E-state index contributed by atoms with van der Waals surface area (Å²) in [6.45, 7) is 2.53. The van der Waals surface area contributed by atoms with Gasteiger partial charge in [-0.3, -0.25) is 4.98 Å². The van der Waals surface area contributed by atoms with Crippen LogP contribution in [0.2, 0.25) is 0 Å². The second-order valence-electron chi connectivity index (χ2n) is 4.71. The smallest absolute Gasteiger partial charge is 0.119 e. The zero-order chi connectivity index (χ0) is 14.4. The molecule has 4 nitrogen and oxygen atoms in total. The van der Waals surface area contributed by atoms with E-state index in [-0.39, 0.29) is 6.04 Å². The zero-order valence-corrected chi connectivity index (χ0v) is 11.8. The van der Waals surface area contributed by atoms with Gasteiger partial charge in [0.15, 0.2) is 0 Å². The highest BCUT2D eigenvalue weighted by atomic mass is 16.5. The Bertz CT molecular complexity index is 531. The molecule has 2 N–H and O–H groups in total. The lowest BCUT2D eigenvalue weighted by Crippen LogP contribution is -2.24. The van der Waals surface area contributed by atoms with Gasteiger partial charge in [-0.25, -0.2) is 0 Å². The Labute approximate surface area is 119 Å². The third-order valence-electron chi connectivity index (χ3n) is 3.28. The molecular formula is C16H20N2O2. The van der Waals surface area contributed by atoms with Gasteiger partial charge in [0.05, 0.1) is 13.2 Å². The van der Waals surface area contributed by atoms with E-state index in [1.807, 2.05) is 42.6 Å². The van der Waals surface area contributed by atoms with Crippen molar-refractivity contribution in [2.45, 2.75) is 19.1 Å². The number of aromatic nitrogens is 1. The molecule has 20 heavy (non-hydrogen) atoms. The van der Waals surface area contributed by atoms with Crippen molar-refractivity contribution < 1.29 is 9.84 Å². The molecule has 1 heterocycles. The molecule has 0 aliphatic carbocycles. The van der Waals surface area contributed by atoms with Crippen molar-refractivity contribution in [1.29, 1.82) is 0 Å². The molecule has 2 atom stereocenters. The highest BCUT2D eigenvalue weighted by Crippen LogP contribution is 2.19. The minimum atomic E-state index is -0.566. The number of methoxy groups -OCH3 is 1. The quantitative estimate of drug-likeness (QED) is 0.848. The fourth-order valence-corrected chi connectivity index (χ4v) is 2.01. The molecule has 106 valence electrons. The van der Waals surface area contributed by atoms with E-state index >= 15 is 0 Å². The van der Waals surface area contributed by atoms with Crippen molar-refractivity contribution >= 4 is 0 Å². The molecule has 0 bridgehead atoms. The Balaban J connectivity index is 1.93. The summed E-state index contributed by atoms with van der Waals surface area (Å²) in [7, 11) is 1.62. The number of benzene rings is 1. The Morgan fingerprint density at radius 2 is 2.05 bits per heavy atom. The molecule has 0 aliphatic rings. The first-order valence-electron chi connectivity index (χ1n) is 6.66. The minimum absolute atomic E-state index is 0.143. The summed E-state index contributed by atoms with van der Waals surface area (Å²) in [5.74, 6) is 0.752. The number of aliphatic hydroxyl groups excluding tert-OH is 1. The van der Waals surface area contributed by atoms with Gasteiger partial charge in [0, 0.05) is 25.0 Å². The summed E-state index contributed by atoms with van der Waals surface area (Å²) >= 11 is 0. The summed E-state index contributed by atoms with van der Waals surface area (Å²) in [4.78, 5) is 4.09. The Morgan fingerprint density at radius 1 is 1.25 bits per heavy atom. The lowest BCUT2D eigenvalue weighted by Gasteiger charge is -2.17. The van der Waals surface area contributed by atoms with E-state index in [4.69, 9.17) is 4.74 Å². The molecule has 0 radical (unpaired) electrons.